The number of amides is 1. The molecule has 0 unspecified atom stereocenters. The molecular formula is C22H21N3O4. The summed E-state index contributed by atoms with van der Waals surface area (Å²) in [5.74, 6) is -1.10. The number of benzene rings is 2. The molecule has 0 radical (unpaired) electrons. The number of esters is 1. The van der Waals surface area contributed by atoms with Crippen molar-refractivity contribution in [3.05, 3.63) is 70.3 Å². The Morgan fingerprint density at radius 1 is 1.17 bits per heavy atom. The molecule has 7 nitrogen and oxygen atoms in total. The monoisotopic (exact) mass is 391 g/mol. The van der Waals surface area contributed by atoms with E-state index in [9.17, 15) is 14.4 Å². The maximum atomic E-state index is 12.5. The third-order valence-corrected chi connectivity index (χ3v) is 5.07. The van der Waals surface area contributed by atoms with Crippen molar-refractivity contribution in [3.8, 4) is 0 Å². The summed E-state index contributed by atoms with van der Waals surface area (Å²) in [6, 6.07) is 12.7. The highest BCUT2D eigenvalue weighted by Crippen LogP contribution is 2.25. The minimum Gasteiger partial charge on any atom is -0.451 e. The fourth-order valence-electron chi connectivity index (χ4n) is 3.54. The second-order valence-corrected chi connectivity index (χ2v) is 7.15. The van der Waals surface area contributed by atoms with Crippen LogP contribution >= 0.6 is 0 Å². The molecular weight excluding hydrogens is 370 g/mol. The number of aryl methyl sites for hydroxylation is 2. The number of anilines is 1. The first-order chi connectivity index (χ1) is 14.0. The minimum atomic E-state index is -0.986. The number of nitrogens with one attached hydrogen (secondary N) is 1. The fourth-order valence-corrected chi connectivity index (χ4v) is 3.54. The summed E-state index contributed by atoms with van der Waals surface area (Å²) < 4.78 is 6.39. The Morgan fingerprint density at radius 2 is 1.97 bits per heavy atom. The van der Waals surface area contributed by atoms with E-state index in [1.807, 2.05) is 18.2 Å². The predicted octanol–water partition coefficient (Wildman–Crippen LogP) is 2.46. The largest absolute Gasteiger partial charge is 0.451 e. The van der Waals surface area contributed by atoms with Gasteiger partial charge in [-0.2, -0.15) is 0 Å². The fraction of sp³-hybridized carbons (Fsp3) is 0.273. The Bertz CT molecular complexity index is 1150. The van der Waals surface area contributed by atoms with Gasteiger partial charge in [0.15, 0.2) is 6.10 Å². The van der Waals surface area contributed by atoms with Gasteiger partial charge in [-0.15, -0.1) is 0 Å². The normalized spacial score (nSPS) is 13.7. The number of nitrogens with zero attached hydrogens (tertiary/aromatic N) is 2. The smallest absolute Gasteiger partial charge is 0.326 e. The molecule has 0 spiro atoms. The Kier molecular flexibility index (Phi) is 5.12. The first-order valence-electron chi connectivity index (χ1n) is 9.57. The maximum Gasteiger partial charge on any atom is 0.326 e. The van der Waals surface area contributed by atoms with Crippen LogP contribution in [0.2, 0.25) is 0 Å². The van der Waals surface area contributed by atoms with E-state index >= 15 is 0 Å². The van der Waals surface area contributed by atoms with E-state index in [0.717, 1.165) is 19.3 Å². The van der Waals surface area contributed by atoms with Crippen molar-refractivity contribution < 1.29 is 14.3 Å². The molecule has 1 aliphatic rings. The van der Waals surface area contributed by atoms with Crippen molar-refractivity contribution in [2.24, 2.45) is 0 Å². The molecule has 1 heterocycles. The van der Waals surface area contributed by atoms with Gasteiger partial charge in [0.05, 0.1) is 17.2 Å². The minimum absolute atomic E-state index is 0.312. The molecule has 1 N–H and O–H groups in total. The van der Waals surface area contributed by atoms with Crippen LogP contribution in [0.4, 0.5) is 5.69 Å². The lowest BCUT2D eigenvalue weighted by molar-refractivity contribution is -0.153. The highest BCUT2D eigenvalue weighted by atomic mass is 16.5. The van der Waals surface area contributed by atoms with Crippen molar-refractivity contribution in [1.82, 2.24) is 9.55 Å². The highest BCUT2D eigenvalue weighted by molar-refractivity contribution is 5.95. The molecule has 7 heteroatoms. The lowest BCUT2D eigenvalue weighted by Crippen LogP contribution is -2.33. The molecule has 148 valence electrons. The predicted molar refractivity (Wildman–Crippen MR) is 109 cm³/mol. The van der Waals surface area contributed by atoms with E-state index in [1.54, 1.807) is 24.3 Å². The number of hydrogen-bond acceptors (Lipinski definition) is 5. The van der Waals surface area contributed by atoms with Crippen LogP contribution in [0.25, 0.3) is 10.9 Å². The molecule has 1 aromatic heterocycles. The van der Waals surface area contributed by atoms with Crippen LogP contribution in [-0.4, -0.2) is 27.5 Å². The molecule has 0 saturated carbocycles. The summed E-state index contributed by atoms with van der Waals surface area (Å²) in [7, 11) is 0. The van der Waals surface area contributed by atoms with Gasteiger partial charge in [-0.05, 0) is 61.6 Å². The van der Waals surface area contributed by atoms with Crippen LogP contribution < -0.4 is 10.9 Å². The van der Waals surface area contributed by atoms with Crippen molar-refractivity contribution in [2.45, 2.75) is 38.8 Å². The zero-order valence-electron chi connectivity index (χ0n) is 16.1. The number of carbonyl (C=O) groups is 2. The van der Waals surface area contributed by atoms with Gasteiger partial charge in [0.2, 0.25) is 0 Å². The lowest BCUT2D eigenvalue weighted by Gasteiger charge is -2.14. The lowest BCUT2D eigenvalue weighted by atomic mass is 10.1. The van der Waals surface area contributed by atoms with Crippen LogP contribution in [0.1, 0.15) is 24.5 Å². The third-order valence-electron chi connectivity index (χ3n) is 5.07. The van der Waals surface area contributed by atoms with Crippen LogP contribution in [-0.2, 0) is 33.7 Å². The number of rotatable bonds is 5. The molecule has 29 heavy (non-hydrogen) atoms. The van der Waals surface area contributed by atoms with Gasteiger partial charge in [-0.3, -0.25) is 19.0 Å². The molecule has 1 amide bonds. The van der Waals surface area contributed by atoms with Crippen LogP contribution in [0.15, 0.2) is 53.6 Å². The maximum absolute atomic E-state index is 12.5. The number of fused-ring (bicyclic) bond motifs is 2. The van der Waals surface area contributed by atoms with Gasteiger partial charge in [0, 0.05) is 5.69 Å². The third kappa shape index (κ3) is 4.03. The molecule has 0 bridgehead atoms. The first kappa shape index (κ1) is 18.9. The molecule has 0 saturated heterocycles. The molecule has 1 aliphatic carbocycles. The van der Waals surface area contributed by atoms with E-state index < -0.39 is 18.0 Å². The molecule has 2 aromatic carbocycles. The van der Waals surface area contributed by atoms with Crippen molar-refractivity contribution in [3.63, 3.8) is 0 Å². The standard InChI is InChI=1S/C22H21N3O4/c1-14(21(27)24-17-10-9-15-5-4-6-16(15)11-17)29-20(26)12-25-13-23-19-8-3-2-7-18(19)22(25)28/h2-3,7-11,13-14H,4-6,12H2,1H3,(H,24,27)/t14-/m1/s1. The second kappa shape index (κ2) is 7.87. The number of para-hydroxylation sites is 1. The van der Waals surface area contributed by atoms with Gasteiger partial charge in [-0.1, -0.05) is 18.2 Å². The topological polar surface area (TPSA) is 90.3 Å². The number of hydrogen-bond donors (Lipinski definition) is 1. The summed E-state index contributed by atoms with van der Waals surface area (Å²) >= 11 is 0. The summed E-state index contributed by atoms with van der Waals surface area (Å²) in [4.78, 5) is 41.2. The molecule has 0 fully saturated rings. The number of aromatic nitrogens is 2. The summed E-state index contributed by atoms with van der Waals surface area (Å²) in [5.41, 5.74) is 3.48. The van der Waals surface area contributed by atoms with E-state index in [-0.39, 0.29) is 12.1 Å². The Labute approximate surface area is 167 Å². The Morgan fingerprint density at radius 3 is 2.83 bits per heavy atom. The quantitative estimate of drug-likeness (QED) is 0.675. The van der Waals surface area contributed by atoms with E-state index in [2.05, 4.69) is 10.3 Å². The summed E-state index contributed by atoms with van der Waals surface area (Å²) in [6.07, 6.45) is 3.53. The molecule has 0 aliphatic heterocycles. The van der Waals surface area contributed by atoms with Gasteiger partial charge >= 0.3 is 5.97 Å². The van der Waals surface area contributed by atoms with Crippen LogP contribution in [0.3, 0.4) is 0 Å². The van der Waals surface area contributed by atoms with Gasteiger partial charge in [-0.25, -0.2) is 4.98 Å². The SMILES string of the molecule is C[C@@H](OC(=O)Cn1cnc2ccccc2c1=O)C(=O)Nc1ccc2c(c1)CCC2. The Balaban J connectivity index is 1.38. The average Bonchev–Trinajstić information content (AvgIpc) is 3.18. The molecule has 1 atom stereocenters. The van der Waals surface area contributed by atoms with E-state index in [4.69, 9.17) is 4.74 Å². The number of ether oxygens (including phenoxy) is 1. The van der Waals surface area contributed by atoms with Crippen LogP contribution in [0.5, 0.6) is 0 Å². The second-order valence-electron chi connectivity index (χ2n) is 7.15. The van der Waals surface area contributed by atoms with Crippen molar-refractivity contribution >= 4 is 28.5 Å². The molecule has 4 rings (SSSR count). The van der Waals surface area contributed by atoms with Crippen LogP contribution in [0, 0.1) is 0 Å². The number of carbonyl (C=O) groups excluding carboxylic acids is 2. The van der Waals surface area contributed by atoms with E-state index in [1.165, 1.54) is 28.9 Å². The first-order valence-corrected chi connectivity index (χ1v) is 9.57. The Hall–Kier alpha value is -3.48. The van der Waals surface area contributed by atoms with Crippen molar-refractivity contribution in [1.29, 1.82) is 0 Å². The molecule has 3 aromatic rings. The average molecular weight is 391 g/mol. The van der Waals surface area contributed by atoms with Gasteiger partial charge in [0.25, 0.3) is 11.5 Å². The van der Waals surface area contributed by atoms with Gasteiger partial charge in [0.1, 0.15) is 6.54 Å². The van der Waals surface area contributed by atoms with E-state index in [0.29, 0.717) is 16.6 Å². The van der Waals surface area contributed by atoms with Gasteiger partial charge < -0.3 is 10.1 Å². The highest BCUT2D eigenvalue weighted by Gasteiger charge is 2.20. The summed E-state index contributed by atoms with van der Waals surface area (Å²) in [6.45, 7) is 1.19. The zero-order chi connectivity index (χ0) is 20.4. The summed E-state index contributed by atoms with van der Waals surface area (Å²) in [5, 5.41) is 3.20. The van der Waals surface area contributed by atoms with Crippen molar-refractivity contribution in [2.75, 3.05) is 5.32 Å². The zero-order valence-corrected chi connectivity index (χ0v) is 16.1.